The van der Waals surface area contributed by atoms with Crippen LogP contribution in [0.2, 0.25) is 0 Å². The van der Waals surface area contributed by atoms with Crippen molar-refractivity contribution in [3.63, 3.8) is 0 Å². The summed E-state index contributed by atoms with van der Waals surface area (Å²) in [5.41, 5.74) is 2.18. The van der Waals surface area contributed by atoms with E-state index in [9.17, 15) is 9.59 Å². The van der Waals surface area contributed by atoms with Gasteiger partial charge in [0.25, 0.3) is 11.8 Å². The highest BCUT2D eigenvalue weighted by Gasteiger charge is 2.37. The van der Waals surface area contributed by atoms with Crippen molar-refractivity contribution >= 4 is 17.5 Å². The summed E-state index contributed by atoms with van der Waals surface area (Å²) in [5.74, 6) is 0.565. The summed E-state index contributed by atoms with van der Waals surface area (Å²) in [6, 6.07) is 10.3. The molecule has 0 aromatic heterocycles. The smallest absolute Gasteiger partial charge is 0.266 e. The Morgan fingerprint density at radius 1 is 0.952 bits per heavy atom. The number of hydrogen-bond acceptors (Lipinski definition) is 4. The third-order valence-electron chi connectivity index (χ3n) is 3.73. The molecule has 104 valence electrons. The minimum atomic E-state index is -0.308. The largest absolute Gasteiger partial charge is 0.454 e. The molecule has 0 atom stereocenters. The molecule has 0 saturated heterocycles. The molecule has 0 saturated carbocycles. The van der Waals surface area contributed by atoms with Gasteiger partial charge in [0.15, 0.2) is 11.5 Å². The maximum atomic E-state index is 12.5. The van der Waals surface area contributed by atoms with Crippen LogP contribution in [0.1, 0.15) is 26.3 Å². The van der Waals surface area contributed by atoms with E-state index in [1.54, 1.807) is 36.4 Å². The van der Waals surface area contributed by atoms with E-state index in [0.717, 1.165) is 5.56 Å². The minimum absolute atomic E-state index is 0.153. The molecule has 2 amide bonds. The number of imide groups is 1. The molecule has 0 unspecified atom stereocenters. The number of anilines is 1. The fraction of sp³-hybridized carbons (Fsp3) is 0.125. The van der Waals surface area contributed by atoms with E-state index in [2.05, 4.69) is 0 Å². The number of fused-ring (bicyclic) bond motifs is 2. The second-order valence-electron chi connectivity index (χ2n) is 4.98. The van der Waals surface area contributed by atoms with Gasteiger partial charge in [0.2, 0.25) is 6.79 Å². The van der Waals surface area contributed by atoms with Gasteiger partial charge in [0.1, 0.15) is 0 Å². The summed E-state index contributed by atoms with van der Waals surface area (Å²) in [6.45, 7) is 1.99. The highest BCUT2D eigenvalue weighted by Crippen LogP contribution is 2.40. The van der Waals surface area contributed by atoms with Crippen molar-refractivity contribution in [2.24, 2.45) is 0 Å². The normalized spacial score (nSPS) is 15.6. The van der Waals surface area contributed by atoms with E-state index in [1.807, 2.05) is 6.92 Å². The zero-order chi connectivity index (χ0) is 14.6. The van der Waals surface area contributed by atoms with Crippen LogP contribution in [0.3, 0.4) is 0 Å². The van der Waals surface area contributed by atoms with Gasteiger partial charge in [0.05, 0.1) is 16.8 Å². The van der Waals surface area contributed by atoms with Crippen molar-refractivity contribution in [2.75, 3.05) is 11.7 Å². The van der Waals surface area contributed by atoms with Gasteiger partial charge in [-0.25, -0.2) is 4.90 Å². The Balaban J connectivity index is 1.86. The monoisotopic (exact) mass is 281 g/mol. The summed E-state index contributed by atoms with van der Waals surface area (Å²) < 4.78 is 10.6. The molecular weight excluding hydrogens is 270 g/mol. The fourth-order valence-electron chi connectivity index (χ4n) is 2.68. The first-order valence-electron chi connectivity index (χ1n) is 6.55. The lowest BCUT2D eigenvalue weighted by Gasteiger charge is -2.17. The Bertz CT molecular complexity index is 762. The molecule has 0 spiro atoms. The van der Waals surface area contributed by atoms with Crippen LogP contribution in [0, 0.1) is 6.92 Å². The van der Waals surface area contributed by atoms with E-state index in [0.29, 0.717) is 28.3 Å². The Hall–Kier alpha value is -2.82. The molecule has 21 heavy (non-hydrogen) atoms. The van der Waals surface area contributed by atoms with Gasteiger partial charge in [-0.1, -0.05) is 12.1 Å². The number of carbonyl (C=O) groups is 2. The average Bonchev–Trinajstić information content (AvgIpc) is 3.03. The molecule has 2 aliphatic heterocycles. The lowest BCUT2D eigenvalue weighted by Crippen LogP contribution is -2.30. The molecule has 4 rings (SSSR count). The Morgan fingerprint density at radius 2 is 1.52 bits per heavy atom. The summed E-state index contributed by atoms with van der Waals surface area (Å²) in [5, 5.41) is 0. The predicted octanol–water partition coefficient (Wildman–Crippen LogP) is 2.52. The van der Waals surface area contributed by atoms with E-state index in [-0.39, 0.29) is 18.6 Å². The van der Waals surface area contributed by atoms with Gasteiger partial charge in [-0.05, 0) is 30.7 Å². The number of aryl methyl sites for hydroxylation is 1. The first-order chi connectivity index (χ1) is 10.2. The lowest BCUT2D eigenvalue weighted by molar-refractivity contribution is 0.0926. The van der Waals surface area contributed by atoms with Gasteiger partial charge < -0.3 is 9.47 Å². The van der Waals surface area contributed by atoms with Crippen molar-refractivity contribution < 1.29 is 19.1 Å². The Kier molecular flexibility index (Phi) is 2.33. The van der Waals surface area contributed by atoms with Gasteiger partial charge in [-0.3, -0.25) is 9.59 Å². The average molecular weight is 281 g/mol. The van der Waals surface area contributed by atoms with Crippen molar-refractivity contribution in [2.45, 2.75) is 6.92 Å². The zero-order valence-electron chi connectivity index (χ0n) is 11.3. The highest BCUT2D eigenvalue weighted by atomic mass is 16.7. The number of amides is 2. The summed E-state index contributed by atoms with van der Waals surface area (Å²) in [4.78, 5) is 26.2. The molecule has 0 aliphatic carbocycles. The van der Waals surface area contributed by atoms with E-state index in [1.165, 1.54) is 4.90 Å². The van der Waals surface area contributed by atoms with Gasteiger partial charge in [-0.2, -0.15) is 0 Å². The maximum Gasteiger partial charge on any atom is 0.266 e. The number of nitrogens with zero attached hydrogens (tertiary/aromatic N) is 1. The fourth-order valence-corrected chi connectivity index (χ4v) is 2.68. The van der Waals surface area contributed by atoms with Crippen LogP contribution in [-0.2, 0) is 0 Å². The quantitative estimate of drug-likeness (QED) is 0.754. The van der Waals surface area contributed by atoms with Crippen LogP contribution in [0.25, 0.3) is 0 Å². The van der Waals surface area contributed by atoms with Gasteiger partial charge >= 0.3 is 0 Å². The maximum absolute atomic E-state index is 12.5. The van der Waals surface area contributed by atoms with Crippen LogP contribution in [-0.4, -0.2) is 18.6 Å². The second-order valence-corrected chi connectivity index (χ2v) is 4.98. The number of rotatable bonds is 1. The molecule has 0 fully saturated rings. The van der Waals surface area contributed by atoms with Crippen molar-refractivity contribution in [1.82, 2.24) is 0 Å². The molecule has 2 aliphatic rings. The minimum Gasteiger partial charge on any atom is -0.454 e. The van der Waals surface area contributed by atoms with Crippen LogP contribution in [0.5, 0.6) is 11.5 Å². The van der Waals surface area contributed by atoms with Gasteiger partial charge in [0, 0.05) is 6.07 Å². The Labute approximate surface area is 120 Å². The van der Waals surface area contributed by atoms with Gasteiger partial charge in [-0.15, -0.1) is 0 Å². The number of carbonyl (C=O) groups excluding carboxylic acids is 2. The topological polar surface area (TPSA) is 55.8 Å². The highest BCUT2D eigenvalue weighted by molar-refractivity contribution is 6.34. The number of hydrogen-bond donors (Lipinski definition) is 0. The third-order valence-corrected chi connectivity index (χ3v) is 3.73. The standard InChI is InChI=1S/C16H11NO4/c1-9-6-13-14(21-8-20-13)7-12(9)17-15(18)10-4-2-3-5-11(10)16(17)19/h2-7H,8H2,1H3. The molecule has 0 radical (unpaired) electrons. The summed E-state index contributed by atoms with van der Waals surface area (Å²) in [6.07, 6.45) is 0. The van der Waals surface area contributed by atoms with Crippen LogP contribution < -0.4 is 14.4 Å². The predicted molar refractivity (Wildman–Crippen MR) is 74.9 cm³/mol. The molecule has 2 heterocycles. The molecule has 0 bridgehead atoms. The molecule has 2 aromatic rings. The van der Waals surface area contributed by atoms with E-state index < -0.39 is 0 Å². The molecular formula is C16H11NO4. The molecule has 0 N–H and O–H groups in total. The van der Waals surface area contributed by atoms with E-state index >= 15 is 0 Å². The first kappa shape index (κ1) is 12.0. The third kappa shape index (κ3) is 1.57. The zero-order valence-corrected chi connectivity index (χ0v) is 11.3. The summed E-state index contributed by atoms with van der Waals surface area (Å²) >= 11 is 0. The van der Waals surface area contributed by atoms with Crippen molar-refractivity contribution in [3.05, 3.63) is 53.1 Å². The molecule has 5 heteroatoms. The Morgan fingerprint density at radius 3 is 2.14 bits per heavy atom. The van der Waals surface area contributed by atoms with Crippen molar-refractivity contribution in [1.29, 1.82) is 0 Å². The number of benzene rings is 2. The lowest BCUT2D eigenvalue weighted by atomic mass is 10.1. The second kappa shape index (κ2) is 4.09. The number of ether oxygens (including phenoxy) is 2. The summed E-state index contributed by atoms with van der Waals surface area (Å²) in [7, 11) is 0. The van der Waals surface area contributed by atoms with E-state index in [4.69, 9.17) is 9.47 Å². The van der Waals surface area contributed by atoms with Crippen LogP contribution in [0.4, 0.5) is 5.69 Å². The van der Waals surface area contributed by atoms with Crippen molar-refractivity contribution in [3.8, 4) is 11.5 Å². The molecule has 5 nitrogen and oxygen atoms in total. The molecule has 2 aromatic carbocycles. The van der Waals surface area contributed by atoms with Crippen LogP contribution >= 0.6 is 0 Å². The first-order valence-corrected chi connectivity index (χ1v) is 6.55. The SMILES string of the molecule is Cc1cc2c(cc1N1C(=O)c3ccccc3C1=O)OCO2. The van der Waals surface area contributed by atoms with Crippen LogP contribution in [0.15, 0.2) is 36.4 Å².